The van der Waals surface area contributed by atoms with Crippen LogP contribution in [0.3, 0.4) is 0 Å². The first-order valence-corrected chi connectivity index (χ1v) is 9.40. The summed E-state index contributed by atoms with van der Waals surface area (Å²) < 4.78 is 10.4. The molecule has 3 aromatic heterocycles. The summed E-state index contributed by atoms with van der Waals surface area (Å²) in [5, 5.41) is 6.77. The van der Waals surface area contributed by atoms with Crippen LogP contribution in [0.25, 0.3) is 22.6 Å². The third-order valence-electron chi connectivity index (χ3n) is 5.05. The normalized spacial score (nSPS) is 14.3. The maximum Gasteiger partial charge on any atom is 0.238 e. The van der Waals surface area contributed by atoms with Crippen LogP contribution in [-0.4, -0.2) is 26.0 Å². The van der Waals surface area contributed by atoms with Crippen LogP contribution in [0.1, 0.15) is 43.3 Å². The van der Waals surface area contributed by atoms with Gasteiger partial charge in [-0.05, 0) is 43.2 Å². The molecular weight excluding hydrogens is 358 g/mol. The molecule has 0 atom stereocenters. The number of furan rings is 1. The number of nitrogens with one attached hydrogen (secondary N) is 2. The van der Waals surface area contributed by atoms with E-state index in [1.165, 1.54) is 19.3 Å². The maximum atomic E-state index is 12.3. The molecule has 1 fully saturated rings. The second-order valence-electron chi connectivity index (χ2n) is 7.02. The minimum atomic E-state index is -0.115. The number of rotatable bonds is 6. The minimum absolute atomic E-state index is 0.115. The summed E-state index contributed by atoms with van der Waals surface area (Å²) in [6.07, 6.45) is 5.81. The first kappa shape index (κ1) is 16.7. The van der Waals surface area contributed by atoms with Crippen molar-refractivity contribution in [3.63, 3.8) is 0 Å². The molecule has 142 valence electrons. The molecule has 1 aliphatic carbocycles. The van der Waals surface area contributed by atoms with Gasteiger partial charge in [-0.2, -0.15) is 4.98 Å². The highest BCUT2D eigenvalue weighted by Crippen LogP contribution is 2.35. The van der Waals surface area contributed by atoms with Crippen LogP contribution < -0.4 is 5.32 Å². The Labute approximate surface area is 160 Å². The molecule has 3 heterocycles. The highest BCUT2D eigenvalue weighted by atomic mass is 16.5. The number of hydrogen-bond acceptors (Lipinski definition) is 6. The molecule has 1 aliphatic rings. The van der Waals surface area contributed by atoms with Crippen molar-refractivity contribution >= 4 is 22.6 Å². The number of fused-ring (bicyclic) bond motifs is 1. The Morgan fingerprint density at radius 3 is 2.96 bits per heavy atom. The van der Waals surface area contributed by atoms with E-state index < -0.39 is 0 Å². The van der Waals surface area contributed by atoms with E-state index in [1.54, 1.807) is 18.4 Å². The SMILES string of the molecule is O=C(CCc1nc(-c2ccco2)no1)Nc1ccc2nc(C3CCC3)[nH]c2c1. The van der Waals surface area contributed by atoms with Gasteiger partial charge in [0.25, 0.3) is 0 Å². The zero-order valence-electron chi connectivity index (χ0n) is 15.1. The predicted molar refractivity (Wildman–Crippen MR) is 102 cm³/mol. The average molecular weight is 377 g/mol. The molecular formula is C20H19N5O3. The summed E-state index contributed by atoms with van der Waals surface area (Å²) >= 11 is 0. The van der Waals surface area contributed by atoms with E-state index in [4.69, 9.17) is 8.94 Å². The van der Waals surface area contributed by atoms with Gasteiger partial charge in [0, 0.05) is 24.4 Å². The first-order valence-electron chi connectivity index (χ1n) is 9.40. The van der Waals surface area contributed by atoms with E-state index in [2.05, 4.69) is 25.4 Å². The molecule has 5 rings (SSSR count). The summed E-state index contributed by atoms with van der Waals surface area (Å²) in [6.45, 7) is 0. The molecule has 0 aliphatic heterocycles. The Morgan fingerprint density at radius 2 is 2.18 bits per heavy atom. The Kier molecular flexibility index (Phi) is 4.16. The van der Waals surface area contributed by atoms with E-state index in [0.717, 1.165) is 22.5 Å². The van der Waals surface area contributed by atoms with Gasteiger partial charge in [0.05, 0.1) is 17.3 Å². The summed E-state index contributed by atoms with van der Waals surface area (Å²) in [6, 6.07) is 9.22. The Balaban J connectivity index is 1.20. The fourth-order valence-corrected chi connectivity index (χ4v) is 3.29. The average Bonchev–Trinajstić information content (AvgIpc) is 3.38. The number of imidazole rings is 1. The van der Waals surface area contributed by atoms with Gasteiger partial charge in [0.2, 0.25) is 17.6 Å². The molecule has 8 heteroatoms. The number of aromatic nitrogens is 4. The van der Waals surface area contributed by atoms with Crippen LogP contribution in [0.2, 0.25) is 0 Å². The summed E-state index contributed by atoms with van der Waals surface area (Å²) in [5.41, 5.74) is 2.61. The van der Waals surface area contributed by atoms with Crippen LogP contribution in [0.5, 0.6) is 0 Å². The fourth-order valence-electron chi connectivity index (χ4n) is 3.29. The van der Waals surface area contributed by atoms with Gasteiger partial charge in [-0.1, -0.05) is 11.6 Å². The van der Waals surface area contributed by atoms with E-state index in [0.29, 0.717) is 29.8 Å². The highest BCUT2D eigenvalue weighted by molar-refractivity contribution is 5.93. The lowest BCUT2D eigenvalue weighted by Gasteiger charge is -2.22. The van der Waals surface area contributed by atoms with E-state index >= 15 is 0 Å². The minimum Gasteiger partial charge on any atom is -0.461 e. The van der Waals surface area contributed by atoms with Crippen molar-refractivity contribution in [1.82, 2.24) is 20.1 Å². The van der Waals surface area contributed by atoms with Gasteiger partial charge in [-0.3, -0.25) is 4.79 Å². The van der Waals surface area contributed by atoms with Crippen molar-refractivity contribution < 1.29 is 13.7 Å². The standard InChI is InChI=1S/C20H19N5O3/c26-17(8-9-18-24-20(25-28-18)16-5-2-10-27-16)21-13-6-7-14-15(11-13)23-19(22-14)12-3-1-4-12/h2,5-7,10-12H,1,3-4,8-9H2,(H,21,26)(H,22,23). The molecule has 0 unspecified atom stereocenters. The van der Waals surface area contributed by atoms with Crippen molar-refractivity contribution in [3.8, 4) is 11.6 Å². The molecule has 2 N–H and O–H groups in total. The summed E-state index contributed by atoms with van der Waals surface area (Å²) in [7, 11) is 0. The van der Waals surface area contributed by atoms with Crippen LogP contribution in [0.4, 0.5) is 5.69 Å². The van der Waals surface area contributed by atoms with Crippen LogP contribution >= 0.6 is 0 Å². The Bertz CT molecular complexity index is 1110. The largest absolute Gasteiger partial charge is 0.461 e. The third-order valence-corrected chi connectivity index (χ3v) is 5.05. The van der Waals surface area contributed by atoms with Gasteiger partial charge >= 0.3 is 0 Å². The number of carbonyl (C=O) groups excluding carboxylic acids is 1. The lowest BCUT2D eigenvalue weighted by Crippen LogP contribution is -2.12. The van der Waals surface area contributed by atoms with Crippen molar-refractivity contribution in [2.24, 2.45) is 0 Å². The van der Waals surface area contributed by atoms with E-state index in [1.807, 2.05) is 18.2 Å². The first-order chi connectivity index (χ1) is 13.7. The molecule has 0 saturated heterocycles. The number of carbonyl (C=O) groups is 1. The maximum absolute atomic E-state index is 12.3. The van der Waals surface area contributed by atoms with Gasteiger partial charge in [-0.25, -0.2) is 4.98 Å². The second-order valence-corrected chi connectivity index (χ2v) is 7.02. The zero-order valence-corrected chi connectivity index (χ0v) is 15.1. The number of hydrogen-bond donors (Lipinski definition) is 2. The summed E-state index contributed by atoms with van der Waals surface area (Å²) in [5.74, 6) is 2.80. The molecule has 0 radical (unpaired) electrons. The predicted octanol–water partition coefficient (Wildman–Crippen LogP) is 4.04. The molecule has 1 saturated carbocycles. The number of aromatic amines is 1. The van der Waals surface area contributed by atoms with Crippen molar-refractivity contribution in [2.45, 2.75) is 38.0 Å². The van der Waals surface area contributed by atoms with Crippen molar-refractivity contribution in [1.29, 1.82) is 0 Å². The van der Waals surface area contributed by atoms with Gasteiger partial charge in [0.1, 0.15) is 5.82 Å². The number of anilines is 1. The molecule has 1 amide bonds. The zero-order chi connectivity index (χ0) is 18.9. The Morgan fingerprint density at radius 1 is 1.25 bits per heavy atom. The molecule has 0 spiro atoms. The number of H-pyrrole nitrogens is 1. The number of aryl methyl sites for hydroxylation is 1. The number of amides is 1. The smallest absolute Gasteiger partial charge is 0.238 e. The van der Waals surface area contributed by atoms with Crippen molar-refractivity contribution in [2.75, 3.05) is 5.32 Å². The van der Waals surface area contributed by atoms with Crippen LogP contribution in [0, 0.1) is 0 Å². The van der Waals surface area contributed by atoms with E-state index in [9.17, 15) is 4.79 Å². The Hall–Kier alpha value is -3.42. The quantitative estimate of drug-likeness (QED) is 0.525. The molecule has 8 nitrogen and oxygen atoms in total. The monoisotopic (exact) mass is 377 g/mol. The van der Waals surface area contributed by atoms with Crippen molar-refractivity contribution in [3.05, 3.63) is 48.3 Å². The number of benzene rings is 1. The topological polar surface area (TPSA) is 110 Å². The van der Waals surface area contributed by atoms with Gasteiger partial charge < -0.3 is 19.2 Å². The van der Waals surface area contributed by atoms with Gasteiger partial charge in [-0.15, -0.1) is 0 Å². The van der Waals surface area contributed by atoms with Crippen LogP contribution in [0.15, 0.2) is 45.5 Å². The molecule has 28 heavy (non-hydrogen) atoms. The third kappa shape index (κ3) is 3.28. The highest BCUT2D eigenvalue weighted by Gasteiger charge is 2.22. The fraction of sp³-hybridized carbons (Fsp3) is 0.300. The van der Waals surface area contributed by atoms with Gasteiger partial charge in [0.15, 0.2) is 5.76 Å². The molecule has 1 aromatic carbocycles. The van der Waals surface area contributed by atoms with E-state index in [-0.39, 0.29) is 12.3 Å². The lowest BCUT2D eigenvalue weighted by molar-refractivity contribution is -0.116. The van der Waals surface area contributed by atoms with Crippen LogP contribution in [-0.2, 0) is 11.2 Å². The molecule has 4 aromatic rings. The summed E-state index contributed by atoms with van der Waals surface area (Å²) in [4.78, 5) is 24.6. The number of nitrogens with zero attached hydrogens (tertiary/aromatic N) is 3. The second kappa shape index (κ2) is 6.95. The molecule has 0 bridgehead atoms. The lowest BCUT2D eigenvalue weighted by atomic mass is 9.85.